The lowest BCUT2D eigenvalue weighted by Gasteiger charge is -1.97. The van der Waals surface area contributed by atoms with E-state index in [2.05, 4.69) is 10.3 Å². The number of rotatable bonds is 3. The second-order valence-corrected chi connectivity index (χ2v) is 5.77. The first-order chi connectivity index (χ1) is 10.2. The van der Waals surface area contributed by atoms with Crippen LogP contribution in [0.3, 0.4) is 0 Å². The average molecular weight is 315 g/mol. The third-order valence-electron chi connectivity index (χ3n) is 2.84. The molecule has 21 heavy (non-hydrogen) atoms. The van der Waals surface area contributed by atoms with Crippen LogP contribution < -0.4 is 5.32 Å². The Labute approximate surface area is 130 Å². The monoisotopic (exact) mass is 314 g/mol. The highest BCUT2D eigenvalue weighted by Crippen LogP contribution is 2.25. The number of halogens is 1. The molecule has 0 aliphatic rings. The zero-order valence-corrected chi connectivity index (χ0v) is 12.5. The maximum absolute atomic E-state index is 11.9. The topological polar surface area (TPSA) is 42.0 Å². The number of amides is 1. The van der Waals surface area contributed by atoms with Crippen LogP contribution in [0.1, 0.15) is 5.56 Å². The fourth-order valence-corrected chi connectivity index (χ4v) is 2.92. The van der Waals surface area contributed by atoms with Gasteiger partial charge in [-0.2, -0.15) is 0 Å². The lowest BCUT2D eigenvalue weighted by atomic mass is 10.2. The van der Waals surface area contributed by atoms with Crippen LogP contribution in [-0.2, 0) is 4.79 Å². The fourth-order valence-electron chi connectivity index (χ4n) is 1.85. The zero-order valence-electron chi connectivity index (χ0n) is 10.9. The molecule has 0 unspecified atom stereocenters. The van der Waals surface area contributed by atoms with E-state index in [0.717, 1.165) is 15.8 Å². The van der Waals surface area contributed by atoms with Crippen molar-refractivity contribution < 1.29 is 4.79 Å². The first-order valence-electron chi connectivity index (χ1n) is 6.31. The van der Waals surface area contributed by atoms with E-state index < -0.39 is 0 Å². The van der Waals surface area contributed by atoms with Crippen molar-refractivity contribution in [1.82, 2.24) is 4.98 Å². The molecule has 1 N–H and O–H groups in total. The molecule has 3 rings (SSSR count). The summed E-state index contributed by atoms with van der Waals surface area (Å²) in [6.07, 6.45) is 3.14. The van der Waals surface area contributed by atoms with E-state index in [1.165, 1.54) is 17.4 Å². The Bertz CT molecular complexity index is 793. The number of para-hydroxylation sites is 1. The van der Waals surface area contributed by atoms with Gasteiger partial charge in [0.2, 0.25) is 5.91 Å². The van der Waals surface area contributed by atoms with Gasteiger partial charge in [0, 0.05) is 11.1 Å². The van der Waals surface area contributed by atoms with Gasteiger partial charge in [0.15, 0.2) is 5.13 Å². The number of hydrogen-bond acceptors (Lipinski definition) is 3. The van der Waals surface area contributed by atoms with Crippen LogP contribution in [0.4, 0.5) is 5.13 Å². The Morgan fingerprint density at radius 3 is 2.71 bits per heavy atom. The van der Waals surface area contributed by atoms with Gasteiger partial charge >= 0.3 is 0 Å². The molecule has 0 aliphatic carbocycles. The second kappa shape index (κ2) is 6.08. The molecule has 3 nitrogen and oxygen atoms in total. The van der Waals surface area contributed by atoms with Crippen molar-refractivity contribution in [1.29, 1.82) is 0 Å². The second-order valence-electron chi connectivity index (χ2n) is 4.33. The SMILES string of the molecule is O=C(/C=C/c1ccccc1Cl)Nc1nc2ccccc2s1. The average Bonchev–Trinajstić information content (AvgIpc) is 2.88. The minimum atomic E-state index is -0.228. The van der Waals surface area contributed by atoms with Crippen LogP contribution in [0.2, 0.25) is 5.02 Å². The molecule has 0 aliphatic heterocycles. The van der Waals surface area contributed by atoms with E-state index in [0.29, 0.717) is 10.2 Å². The van der Waals surface area contributed by atoms with Crippen molar-refractivity contribution in [2.24, 2.45) is 0 Å². The van der Waals surface area contributed by atoms with Crippen molar-refractivity contribution in [2.45, 2.75) is 0 Å². The Morgan fingerprint density at radius 1 is 1.14 bits per heavy atom. The van der Waals surface area contributed by atoms with Crippen molar-refractivity contribution >= 4 is 50.3 Å². The first-order valence-corrected chi connectivity index (χ1v) is 7.51. The summed E-state index contributed by atoms with van der Waals surface area (Å²) in [6, 6.07) is 15.1. The number of aromatic nitrogens is 1. The largest absolute Gasteiger partial charge is 0.298 e. The summed E-state index contributed by atoms with van der Waals surface area (Å²) >= 11 is 7.48. The lowest BCUT2D eigenvalue weighted by molar-refractivity contribution is -0.111. The standard InChI is InChI=1S/C16H11ClN2OS/c17-12-6-2-1-5-11(12)9-10-15(20)19-16-18-13-7-3-4-8-14(13)21-16/h1-10H,(H,18,19,20)/b10-9+. The highest BCUT2D eigenvalue weighted by molar-refractivity contribution is 7.22. The van der Waals surface area contributed by atoms with Gasteiger partial charge in [-0.3, -0.25) is 10.1 Å². The Balaban J connectivity index is 1.73. The fraction of sp³-hybridized carbons (Fsp3) is 0. The summed E-state index contributed by atoms with van der Waals surface area (Å²) in [7, 11) is 0. The number of nitrogens with one attached hydrogen (secondary N) is 1. The summed E-state index contributed by atoms with van der Waals surface area (Å²) in [5.41, 5.74) is 1.69. The van der Waals surface area contributed by atoms with Crippen LogP contribution in [0.15, 0.2) is 54.6 Å². The van der Waals surface area contributed by atoms with E-state index in [-0.39, 0.29) is 5.91 Å². The molecule has 2 aromatic carbocycles. The molecule has 3 aromatic rings. The predicted molar refractivity (Wildman–Crippen MR) is 88.7 cm³/mol. The van der Waals surface area contributed by atoms with Gasteiger partial charge in [-0.1, -0.05) is 53.3 Å². The number of thiazole rings is 1. The lowest BCUT2D eigenvalue weighted by Crippen LogP contribution is -2.07. The number of carbonyl (C=O) groups excluding carboxylic acids is 1. The molecular weight excluding hydrogens is 304 g/mol. The van der Waals surface area contributed by atoms with Crippen LogP contribution in [-0.4, -0.2) is 10.9 Å². The smallest absolute Gasteiger partial charge is 0.250 e. The molecule has 0 bridgehead atoms. The summed E-state index contributed by atoms with van der Waals surface area (Å²) in [5, 5.41) is 3.96. The third-order valence-corrected chi connectivity index (χ3v) is 4.14. The number of benzene rings is 2. The number of anilines is 1. The Hall–Kier alpha value is -2.17. The van der Waals surface area contributed by atoms with Crippen molar-refractivity contribution in [2.75, 3.05) is 5.32 Å². The summed E-state index contributed by atoms with van der Waals surface area (Å²) in [6.45, 7) is 0. The number of hydrogen-bond donors (Lipinski definition) is 1. The van der Waals surface area contributed by atoms with E-state index in [9.17, 15) is 4.79 Å². The van der Waals surface area contributed by atoms with Crippen LogP contribution in [0, 0.1) is 0 Å². The van der Waals surface area contributed by atoms with E-state index >= 15 is 0 Å². The molecule has 0 radical (unpaired) electrons. The van der Waals surface area contributed by atoms with E-state index in [4.69, 9.17) is 11.6 Å². The van der Waals surface area contributed by atoms with Gasteiger partial charge in [-0.05, 0) is 29.8 Å². The molecule has 0 atom stereocenters. The van der Waals surface area contributed by atoms with Gasteiger partial charge in [-0.25, -0.2) is 4.98 Å². The van der Waals surface area contributed by atoms with Crippen molar-refractivity contribution in [3.05, 3.63) is 65.2 Å². The molecule has 0 saturated carbocycles. The highest BCUT2D eigenvalue weighted by atomic mass is 35.5. The van der Waals surface area contributed by atoms with Gasteiger partial charge in [-0.15, -0.1) is 0 Å². The summed E-state index contributed by atoms with van der Waals surface area (Å²) in [4.78, 5) is 16.3. The minimum Gasteiger partial charge on any atom is -0.298 e. The van der Waals surface area contributed by atoms with E-state index in [1.54, 1.807) is 12.1 Å². The molecule has 1 aromatic heterocycles. The zero-order chi connectivity index (χ0) is 14.7. The van der Waals surface area contributed by atoms with Gasteiger partial charge in [0.1, 0.15) is 0 Å². The van der Waals surface area contributed by atoms with E-state index in [1.807, 2.05) is 42.5 Å². The maximum Gasteiger partial charge on any atom is 0.250 e. The molecule has 1 amide bonds. The van der Waals surface area contributed by atoms with Gasteiger partial charge in [0.05, 0.1) is 10.2 Å². The molecular formula is C16H11ClN2OS. The predicted octanol–water partition coefficient (Wildman–Crippen LogP) is 4.60. The summed E-state index contributed by atoms with van der Waals surface area (Å²) in [5.74, 6) is -0.228. The number of fused-ring (bicyclic) bond motifs is 1. The molecule has 104 valence electrons. The van der Waals surface area contributed by atoms with Crippen LogP contribution in [0.5, 0.6) is 0 Å². The molecule has 5 heteroatoms. The Kier molecular flexibility index (Phi) is 3.99. The molecule has 0 saturated heterocycles. The summed E-state index contributed by atoms with van der Waals surface area (Å²) < 4.78 is 1.04. The minimum absolute atomic E-state index is 0.228. The number of carbonyl (C=O) groups is 1. The first kappa shape index (κ1) is 13.8. The normalized spacial score (nSPS) is 11.1. The quantitative estimate of drug-likeness (QED) is 0.718. The van der Waals surface area contributed by atoms with Crippen molar-refractivity contribution in [3.63, 3.8) is 0 Å². The third kappa shape index (κ3) is 3.29. The van der Waals surface area contributed by atoms with Gasteiger partial charge in [0.25, 0.3) is 0 Å². The van der Waals surface area contributed by atoms with Crippen molar-refractivity contribution in [3.8, 4) is 0 Å². The Morgan fingerprint density at radius 2 is 1.90 bits per heavy atom. The maximum atomic E-state index is 11.9. The van der Waals surface area contributed by atoms with Crippen LogP contribution in [0.25, 0.3) is 16.3 Å². The molecule has 0 fully saturated rings. The van der Waals surface area contributed by atoms with Gasteiger partial charge < -0.3 is 0 Å². The highest BCUT2D eigenvalue weighted by Gasteiger charge is 2.05. The molecule has 0 spiro atoms. The van der Waals surface area contributed by atoms with Crippen LogP contribution >= 0.6 is 22.9 Å². The molecule has 1 heterocycles. The number of nitrogens with zero attached hydrogens (tertiary/aromatic N) is 1.